The molecule has 5 N–H and O–H groups in total. The van der Waals surface area contributed by atoms with E-state index in [2.05, 4.69) is 6.92 Å². The van der Waals surface area contributed by atoms with E-state index in [1.807, 2.05) is 13.8 Å². The third-order valence-electron chi connectivity index (χ3n) is 14.0. The molecule has 46 heavy (non-hydrogen) atoms. The highest BCUT2D eigenvalue weighted by molar-refractivity contribution is 5.85. The standard InChI is InChI=1S/C35H54O11/c1-17-31(40)25(36)14-30(43-17)46-32-18(2)44-29(15-26(32)37)45-21-7-9-33(3)20(12-21)5-6-23-24(33)13-27(38)34(4)22(8-10-35(23,34)41)19-11-28(39)42-16-19/h11,17-18,20-27,29-32,36-38,40-41H,5-10,12-16H2,1-4H3/t17-,18-,20-,21+,22-,23-,24-,25+,26+,27-,29+,30+,31-,32+,33+,34+,35+/m1/s1. The van der Waals surface area contributed by atoms with Crippen LogP contribution in [0.2, 0.25) is 0 Å². The zero-order chi connectivity index (χ0) is 32.8. The summed E-state index contributed by atoms with van der Waals surface area (Å²) in [5.41, 5.74) is -0.819. The van der Waals surface area contributed by atoms with Gasteiger partial charge in [-0.3, -0.25) is 0 Å². The van der Waals surface area contributed by atoms with Gasteiger partial charge in [0.1, 0.15) is 18.8 Å². The van der Waals surface area contributed by atoms with Crippen LogP contribution in [0.5, 0.6) is 0 Å². The largest absolute Gasteiger partial charge is 0.458 e. The van der Waals surface area contributed by atoms with E-state index < -0.39 is 66.3 Å². The predicted molar refractivity (Wildman–Crippen MR) is 163 cm³/mol. The van der Waals surface area contributed by atoms with E-state index in [4.69, 9.17) is 23.7 Å². The van der Waals surface area contributed by atoms with Gasteiger partial charge in [-0.05, 0) is 99.9 Å². The van der Waals surface area contributed by atoms with Crippen LogP contribution in [0.3, 0.4) is 0 Å². The summed E-state index contributed by atoms with van der Waals surface area (Å²) in [5, 5.41) is 55.4. The van der Waals surface area contributed by atoms with Crippen molar-refractivity contribution in [1.82, 2.24) is 0 Å². The van der Waals surface area contributed by atoms with E-state index in [0.717, 1.165) is 44.1 Å². The molecule has 4 saturated carbocycles. The van der Waals surface area contributed by atoms with Gasteiger partial charge in [0.05, 0.1) is 42.2 Å². The molecule has 7 aliphatic rings. The van der Waals surface area contributed by atoms with Crippen molar-refractivity contribution in [1.29, 1.82) is 0 Å². The number of carbonyl (C=O) groups excluding carboxylic acids is 1. The molecule has 0 aromatic heterocycles. The Morgan fingerprint density at radius 3 is 2.24 bits per heavy atom. The van der Waals surface area contributed by atoms with Gasteiger partial charge >= 0.3 is 5.97 Å². The summed E-state index contributed by atoms with van der Waals surface area (Å²) in [6.45, 7) is 8.18. The van der Waals surface area contributed by atoms with E-state index in [1.165, 1.54) is 0 Å². The summed E-state index contributed by atoms with van der Waals surface area (Å²) >= 11 is 0. The molecule has 7 rings (SSSR count). The highest BCUT2D eigenvalue weighted by Gasteiger charge is 2.70. The molecule has 11 nitrogen and oxygen atoms in total. The summed E-state index contributed by atoms with van der Waals surface area (Å²) in [4.78, 5) is 11.9. The molecule has 0 amide bonds. The monoisotopic (exact) mass is 650 g/mol. The Kier molecular flexibility index (Phi) is 8.71. The minimum Gasteiger partial charge on any atom is -0.458 e. The van der Waals surface area contributed by atoms with E-state index in [0.29, 0.717) is 18.8 Å². The van der Waals surface area contributed by atoms with Crippen molar-refractivity contribution in [2.75, 3.05) is 6.61 Å². The molecule has 6 fully saturated rings. The third kappa shape index (κ3) is 5.22. The van der Waals surface area contributed by atoms with E-state index in [9.17, 15) is 30.3 Å². The molecule has 260 valence electrons. The average molecular weight is 651 g/mol. The Bertz CT molecular complexity index is 1170. The number of cyclic esters (lactones) is 1. The molecule has 4 aliphatic carbocycles. The highest BCUT2D eigenvalue weighted by atomic mass is 16.7. The Morgan fingerprint density at radius 2 is 1.54 bits per heavy atom. The molecule has 11 heteroatoms. The van der Waals surface area contributed by atoms with E-state index in [-0.39, 0.29) is 54.7 Å². The van der Waals surface area contributed by atoms with Crippen LogP contribution in [0.25, 0.3) is 0 Å². The third-order valence-corrected chi connectivity index (χ3v) is 14.0. The van der Waals surface area contributed by atoms with Crippen LogP contribution in [-0.4, -0.2) is 105 Å². The van der Waals surface area contributed by atoms with Gasteiger partial charge in [-0.25, -0.2) is 4.79 Å². The molecule has 3 heterocycles. The SMILES string of the molecule is C[C@H]1O[C@@H](O[C@@H]2[C@@H](O)C[C@H](O[C@H]3CC[C@@]4(C)[C@H](CC[C@@H]5[C@H]4C[C@@H](O)[C@]4(C)[C@@H](C6=CC(=O)OC6)CC[C@]54O)C3)O[C@@H]2C)C[C@H](O)[C@@H]1O. The number of carbonyl (C=O) groups is 1. The minimum atomic E-state index is -0.993. The first-order valence-corrected chi connectivity index (χ1v) is 17.7. The number of fused-ring (bicyclic) bond motifs is 5. The lowest BCUT2D eigenvalue weighted by Gasteiger charge is -2.65. The Morgan fingerprint density at radius 1 is 0.826 bits per heavy atom. The summed E-state index contributed by atoms with van der Waals surface area (Å²) in [7, 11) is 0. The summed E-state index contributed by atoms with van der Waals surface area (Å²) < 4.78 is 29.7. The van der Waals surface area contributed by atoms with Crippen LogP contribution in [-0.2, 0) is 28.5 Å². The minimum absolute atomic E-state index is 0.0137. The Labute approximate surface area is 271 Å². The Balaban J connectivity index is 0.976. The lowest BCUT2D eigenvalue weighted by molar-refractivity contribution is -0.318. The highest BCUT2D eigenvalue weighted by Crippen LogP contribution is 2.70. The lowest BCUT2D eigenvalue weighted by atomic mass is 9.42. The van der Waals surface area contributed by atoms with Crippen molar-refractivity contribution < 1.29 is 54.0 Å². The molecule has 3 aliphatic heterocycles. The van der Waals surface area contributed by atoms with Crippen LogP contribution in [0.1, 0.15) is 91.9 Å². The quantitative estimate of drug-likeness (QED) is 0.219. The predicted octanol–water partition coefficient (Wildman–Crippen LogP) is 2.34. The fraction of sp³-hybridized carbons (Fsp3) is 0.914. The average Bonchev–Trinajstić information content (AvgIpc) is 3.55. The zero-order valence-electron chi connectivity index (χ0n) is 27.6. The second kappa shape index (κ2) is 12.0. The van der Waals surface area contributed by atoms with Gasteiger partial charge in [0, 0.05) is 24.3 Å². The first-order valence-electron chi connectivity index (χ1n) is 17.7. The van der Waals surface area contributed by atoms with Crippen molar-refractivity contribution in [2.24, 2.45) is 34.5 Å². The van der Waals surface area contributed by atoms with Crippen LogP contribution in [0.4, 0.5) is 0 Å². The van der Waals surface area contributed by atoms with Gasteiger partial charge in [0.2, 0.25) is 0 Å². The number of aliphatic hydroxyl groups is 5. The van der Waals surface area contributed by atoms with Crippen molar-refractivity contribution in [3.05, 3.63) is 11.6 Å². The molecule has 17 atom stereocenters. The molecular formula is C35H54O11. The van der Waals surface area contributed by atoms with Gasteiger partial charge in [-0.1, -0.05) is 13.8 Å². The number of aliphatic hydroxyl groups excluding tert-OH is 4. The summed E-state index contributed by atoms with van der Waals surface area (Å²) in [6, 6.07) is 0. The fourth-order valence-electron chi connectivity index (χ4n) is 11.3. The first-order chi connectivity index (χ1) is 21.7. The van der Waals surface area contributed by atoms with E-state index >= 15 is 0 Å². The van der Waals surface area contributed by atoms with Crippen LogP contribution in [0.15, 0.2) is 11.6 Å². The first kappa shape index (κ1) is 33.4. The molecular weight excluding hydrogens is 596 g/mol. The molecule has 0 unspecified atom stereocenters. The number of esters is 1. The Hall–Kier alpha value is -1.15. The molecule has 2 saturated heterocycles. The molecule has 0 spiro atoms. The van der Waals surface area contributed by atoms with Gasteiger partial charge in [0.15, 0.2) is 12.6 Å². The van der Waals surface area contributed by atoms with Crippen molar-refractivity contribution in [3.63, 3.8) is 0 Å². The molecule has 0 aromatic rings. The number of ether oxygens (including phenoxy) is 5. The smallest absolute Gasteiger partial charge is 0.331 e. The van der Waals surface area contributed by atoms with Gasteiger partial charge in [-0.2, -0.15) is 0 Å². The fourth-order valence-corrected chi connectivity index (χ4v) is 11.3. The second-order valence-electron chi connectivity index (χ2n) is 16.1. The topological polar surface area (TPSA) is 164 Å². The van der Waals surface area contributed by atoms with E-state index in [1.54, 1.807) is 13.0 Å². The van der Waals surface area contributed by atoms with Gasteiger partial charge in [-0.15, -0.1) is 0 Å². The maximum atomic E-state index is 12.5. The molecule has 0 aromatic carbocycles. The van der Waals surface area contributed by atoms with Crippen molar-refractivity contribution in [3.8, 4) is 0 Å². The number of hydrogen-bond donors (Lipinski definition) is 5. The zero-order valence-corrected chi connectivity index (χ0v) is 27.6. The lowest BCUT2D eigenvalue weighted by Crippen LogP contribution is -2.67. The number of hydrogen-bond acceptors (Lipinski definition) is 11. The normalized spacial score (nSPS) is 55.6. The maximum Gasteiger partial charge on any atom is 0.331 e. The maximum absolute atomic E-state index is 12.5. The molecule has 0 bridgehead atoms. The molecule has 0 radical (unpaired) electrons. The van der Waals surface area contributed by atoms with Gasteiger partial charge < -0.3 is 49.2 Å². The van der Waals surface area contributed by atoms with Crippen LogP contribution < -0.4 is 0 Å². The van der Waals surface area contributed by atoms with Crippen molar-refractivity contribution in [2.45, 2.75) is 159 Å². The number of rotatable bonds is 5. The van der Waals surface area contributed by atoms with Crippen LogP contribution in [0, 0.1) is 34.5 Å². The second-order valence-corrected chi connectivity index (χ2v) is 16.1. The van der Waals surface area contributed by atoms with Crippen molar-refractivity contribution >= 4 is 5.97 Å². The van der Waals surface area contributed by atoms with Gasteiger partial charge in [0.25, 0.3) is 0 Å². The summed E-state index contributed by atoms with van der Waals surface area (Å²) in [5.74, 6) is 0.294. The summed E-state index contributed by atoms with van der Waals surface area (Å²) in [6.07, 6.45) is 2.09. The van der Waals surface area contributed by atoms with Crippen LogP contribution >= 0.6 is 0 Å².